The van der Waals surface area contributed by atoms with E-state index in [1.165, 1.54) is 23.2 Å². The summed E-state index contributed by atoms with van der Waals surface area (Å²) < 4.78 is 10.8. The molecule has 150 valence electrons. The molecule has 0 amide bonds. The number of guanidine groups is 1. The standard InChI is InChI=1S/C21H26N4O2.HI/c1-22-21(24-13-16-6-8-19-20(11-16)27-14-26-19)23-12-15-5-7-18-17(10-15)4-3-9-25(18)2;/h5-8,10-11H,3-4,9,12-14H2,1-2H3,(H2,22,23,24);1H. The van der Waals surface area contributed by atoms with Crippen molar-refractivity contribution in [2.45, 2.75) is 25.9 Å². The third kappa shape index (κ3) is 4.63. The molecular formula is C21H27IN4O2. The molecule has 2 aliphatic heterocycles. The highest BCUT2D eigenvalue weighted by molar-refractivity contribution is 14.0. The molecule has 0 spiro atoms. The maximum atomic E-state index is 5.43. The van der Waals surface area contributed by atoms with Crippen LogP contribution in [0.2, 0.25) is 0 Å². The summed E-state index contributed by atoms with van der Waals surface area (Å²) in [5, 5.41) is 6.75. The SMILES string of the molecule is CN=C(NCc1ccc2c(c1)CCCN2C)NCc1ccc2c(c1)OCO2.I. The number of aryl methyl sites for hydroxylation is 1. The predicted molar refractivity (Wildman–Crippen MR) is 123 cm³/mol. The highest BCUT2D eigenvalue weighted by Crippen LogP contribution is 2.32. The second-order valence-electron chi connectivity index (χ2n) is 6.96. The van der Waals surface area contributed by atoms with Crippen LogP contribution in [0.5, 0.6) is 11.5 Å². The summed E-state index contributed by atoms with van der Waals surface area (Å²) in [5.41, 5.74) is 5.19. The topological polar surface area (TPSA) is 58.1 Å². The number of hydrogen-bond acceptors (Lipinski definition) is 4. The molecule has 7 heteroatoms. The minimum absolute atomic E-state index is 0. The predicted octanol–water partition coefficient (Wildman–Crippen LogP) is 3.28. The van der Waals surface area contributed by atoms with Crippen LogP contribution >= 0.6 is 24.0 Å². The zero-order chi connectivity index (χ0) is 18.6. The zero-order valence-electron chi connectivity index (χ0n) is 16.3. The van der Waals surface area contributed by atoms with E-state index >= 15 is 0 Å². The lowest BCUT2D eigenvalue weighted by atomic mass is 9.99. The molecule has 28 heavy (non-hydrogen) atoms. The fraction of sp³-hybridized carbons (Fsp3) is 0.381. The smallest absolute Gasteiger partial charge is 0.231 e. The number of nitrogens with zero attached hydrogens (tertiary/aromatic N) is 2. The van der Waals surface area contributed by atoms with Crippen molar-refractivity contribution in [3.05, 3.63) is 53.1 Å². The Balaban J connectivity index is 0.00000225. The van der Waals surface area contributed by atoms with Crippen LogP contribution in [0.1, 0.15) is 23.1 Å². The average molecular weight is 494 g/mol. The molecule has 0 fully saturated rings. The van der Waals surface area contributed by atoms with Gasteiger partial charge in [-0.3, -0.25) is 4.99 Å². The van der Waals surface area contributed by atoms with Gasteiger partial charge in [-0.1, -0.05) is 18.2 Å². The van der Waals surface area contributed by atoms with Gasteiger partial charge in [-0.25, -0.2) is 0 Å². The second kappa shape index (κ2) is 9.36. The summed E-state index contributed by atoms with van der Waals surface area (Å²) in [6.45, 7) is 2.86. The first-order chi connectivity index (χ1) is 13.2. The molecule has 0 bridgehead atoms. The van der Waals surface area contributed by atoms with Gasteiger partial charge in [0.15, 0.2) is 17.5 Å². The number of nitrogens with one attached hydrogen (secondary N) is 2. The molecule has 0 aromatic heterocycles. The van der Waals surface area contributed by atoms with Crippen LogP contribution in [0.3, 0.4) is 0 Å². The molecule has 2 N–H and O–H groups in total. The zero-order valence-corrected chi connectivity index (χ0v) is 18.7. The lowest BCUT2D eigenvalue weighted by Gasteiger charge is -2.28. The van der Waals surface area contributed by atoms with Crippen molar-refractivity contribution in [2.24, 2.45) is 4.99 Å². The Morgan fingerprint density at radius 2 is 1.75 bits per heavy atom. The summed E-state index contributed by atoms with van der Waals surface area (Å²) in [4.78, 5) is 6.66. The normalized spacial score (nSPS) is 14.9. The van der Waals surface area contributed by atoms with Crippen molar-refractivity contribution in [1.82, 2.24) is 10.6 Å². The van der Waals surface area contributed by atoms with Crippen LogP contribution in [0, 0.1) is 0 Å². The van der Waals surface area contributed by atoms with Gasteiger partial charge in [0.05, 0.1) is 0 Å². The third-order valence-electron chi connectivity index (χ3n) is 5.08. The Morgan fingerprint density at radius 1 is 1.04 bits per heavy atom. The number of fused-ring (bicyclic) bond motifs is 2. The number of aliphatic imine (C=N–C) groups is 1. The maximum Gasteiger partial charge on any atom is 0.231 e. The molecular weight excluding hydrogens is 467 g/mol. The number of anilines is 1. The summed E-state index contributed by atoms with van der Waals surface area (Å²) in [5.74, 6) is 2.39. The van der Waals surface area contributed by atoms with Crippen LogP contribution < -0.4 is 25.0 Å². The fourth-order valence-corrected chi connectivity index (χ4v) is 3.59. The van der Waals surface area contributed by atoms with Crippen LogP contribution in [0.4, 0.5) is 5.69 Å². The van der Waals surface area contributed by atoms with Crippen LogP contribution in [-0.2, 0) is 19.5 Å². The van der Waals surface area contributed by atoms with Crippen LogP contribution in [0.15, 0.2) is 41.4 Å². The maximum absolute atomic E-state index is 5.43. The van der Waals surface area contributed by atoms with Gasteiger partial charge < -0.3 is 25.0 Å². The largest absolute Gasteiger partial charge is 0.454 e. The highest BCUT2D eigenvalue weighted by Gasteiger charge is 2.14. The monoisotopic (exact) mass is 494 g/mol. The Bertz CT molecular complexity index is 856. The molecule has 2 aromatic rings. The molecule has 4 rings (SSSR count). The van der Waals surface area contributed by atoms with E-state index in [0.717, 1.165) is 42.5 Å². The van der Waals surface area contributed by atoms with Crippen molar-refractivity contribution in [1.29, 1.82) is 0 Å². The van der Waals surface area contributed by atoms with Crippen LogP contribution in [-0.4, -0.2) is 33.4 Å². The van der Waals surface area contributed by atoms with E-state index in [0.29, 0.717) is 13.3 Å². The fourth-order valence-electron chi connectivity index (χ4n) is 3.59. The Kier molecular flexibility index (Phi) is 6.88. The van der Waals surface area contributed by atoms with E-state index in [1.807, 2.05) is 18.2 Å². The van der Waals surface area contributed by atoms with Crippen molar-refractivity contribution < 1.29 is 9.47 Å². The molecule has 0 aliphatic carbocycles. The molecule has 0 radical (unpaired) electrons. The molecule has 0 unspecified atom stereocenters. The summed E-state index contributed by atoms with van der Waals surface area (Å²) in [6, 6.07) is 12.7. The highest BCUT2D eigenvalue weighted by atomic mass is 127. The van der Waals surface area contributed by atoms with E-state index in [2.05, 4.69) is 45.8 Å². The van der Waals surface area contributed by atoms with Gasteiger partial charge >= 0.3 is 0 Å². The first kappa shape index (κ1) is 20.6. The van der Waals surface area contributed by atoms with Crippen molar-refractivity contribution in [3.8, 4) is 11.5 Å². The average Bonchev–Trinajstić information content (AvgIpc) is 3.16. The van der Waals surface area contributed by atoms with Gasteiger partial charge in [-0.05, 0) is 47.7 Å². The van der Waals surface area contributed by atoms with Gasteiger partial charge in [0, 0.05) is 39.4 Å². The van der Waals surface area contributed by atoms with Crippen molar-refractivity contribution >= 4 is 35.6 Å². The van der Waals surface area contributed by atoms with Gasteiger partial charge in [0.1, 0.15) is 0 Å². The van der Waals surface area contributed by atoms with Gasteiger partial charge in [-0.15, -0.1) is 24.0 Å². The number of ether oxygens (including phenoxy) is 2. The molecule has 2 aliphatic rings. The Morgan fingerprint density at radius 3 is 2.54 bits per heavy atom. The lowest BCUT2D eigenvalue weighted by molar-refractivity contribution is 0.174. The van der Waals surface area contributed by atoms with E-state index in [9.17, 15) is 0 Å². The Hall–Kier alpha value is -2.16. The molecule has 2 heterocycles. The van der Waals surface area contributed by atoms with E-state index in [-0.39, 0.29) is 24.0 Å². The number of halogens is 1. The number of rotatable bonds is 4. The van der Waals surface area contributed by atoms with Crippen molar-refractivity contribution in [3.63, 3.8) is 0 Å². The van der Waals surface area contributed by atoms with Gasteiger partial charge in [0.25, 0.3) is 0 Å². The summed E-state index contributed by atoms with van der Waals surface area (Å²) in [7, 11) is 3.95. The molecule has 0 saturated carbocycles. The quantitative estimate of drug-likeness (QED) is 0.388. The second-order valence-corrected chi connectivity index (χ2v) is 6.96. The van der Waals surface area contributed by atoms with Crippen molar-refractivity contribution in [2.75, 3.05) is 32.3 Å². The summed E-state index contributed by atoms with van der Waals surface area (Å²) >= 11 is 0. The Labute approximate surface area is 183 Å². The van der Waals surface area contributed by atoms with E-state index < -0.39 is 0 Å². The third-order valence-corrected chi connectivity index (χ3v) is 5.08. The summed E-state index contributed by atoms with van der Waals surface area (Å²) in [6.07, 6.45) is 2.38. The number of benzene rings is 2. The van der Waals surface area contributed by atoms with E-state index in [4.69, 9.17) is 9.47 Å². The minimum atomic E-state index is 0. The van der Waals surface area contributed by atoms with Gasteiger partial charge in [0.2, 0.25) is 6.79 Å². The molecule has 0 atom stereocenters. The molecule has 2 aromatic carbocycles. The van der Waals surface area contributed by atoms with E-state index in [1.54, 1.807) is 7.05 Å². The first-order valence-electron chi connectivity index (χ1n) is 9.39. The van der Waals surface area contributed by atoms with Crippen LogP contribution in [0.25, 0.3) is 0 Å². The molecule has 0 saturated heterocycles. The minimum Gasteiger partial charge on any atom is -0.454 e. The number of hydrogen-bond donors (Lipinski definition) is 2. The van der Waals surface area contributed by atoms with Gasteiger partial charge in [-0.2, -0.15) is 0 Å². The first-order valence-corrected chi connectivity index (χ1v) is 9.39. The lowest BCUT2D eigenvalue weighted by Crippen LogP contribution is -2.36. The molecule has 6 nitrogen and oxygen atoms in total.